The van der Waals surface area contributed by atoms with Gasteiger partial charge in [0.25, 0.3) is 0 Å². The van der Waals surface area contributed by atoms with Crippen LogP contribution in [0.3, 0.4) is 0 Å². The van der Waals surface area contributed by atoms with Crippen LogP contribution in [0, 0.1) is 0 Å². The number of amides is 1. The van der Waals surface area contributed by atoms with Gasteiger partial charge >= 0.3 is 47.9 Å². The van der Waals surface area contributed by atoms with Gasteiger partial charge in [0.15, 0.2) is 0 Å². The van der Waals surface area contributed by atoms with Crippen LogP contribution in [0.5, 0.6) is 0 Å². The van der Waals surface area contributed by atoms with E-state index in [1.54, 1.807) is 0 Å². The Bertz CT molecular complexity index is 668. The molecule has 0 aromatic rings. The third kappa shape index (κ3) is 21.9. The van der Waals surface area contributed by atoms with Crippen molar-refractivity contribution in [2.75, 3.05) is 39.5 Å². The number of alkyl carbamates (subject to hydrolysis) is 1. The zero-order chi connectivity index (χ0) is 33.0. The van der Waals surface area contributed by atoms with E-state index in [1.807, 2.05) is 6.92 Å². The first-order valence-corrected chi connectivity index (χ1v) is 19.4. The molecule has 258 valence electrons. The molecule has 0 aromatic carbocycles. The standard InChI is InChI=1S/C27H58N2O5Si.F6P/c1-9-16-19-29(20-17-10-2,21-18-11-3)25(8)34-27(30)28-26(15-7)35(31-22-12-4,32-23-13-5)33-24-14-6;1-7(2,3,4,5)6/h25-26H,9-24H2,1-8H3;/q;-1/p+1. The number of hydrogen-bond acceptors (Lipinski definition) is 5. The molecule has 2 unspecified atom stereocenters. The molecular weight excluding hydrogens is 605 g/mol. The number of nitrogens with zero attached hydrogens (tertiary/aromatic N) is 1. The predicted molar refractivity (Wildman–Crippen MR) is 161 cm³/mol. The second-order valence-electron chi connectivity index (χ2n) is 10.7. The molecule has 1 amide bonds. The number of carbonyl (C=O) groups is 1. The number of quaternary nitrogens is 1. The molecule has 2 atom stereocenters. The molecule has 0 heterocycles. The third-order valence-corrected chi connectivity index (χ3v) is 9.79. The van der Waals surface area contributed by atoms with Crippen molar-refractivity contribution in [1.82, 2.24) is 5.32 Å². The maximum atomic E-state index is 13.3. The number of ether oxygens (including phenoxy) is 1. The average Bonchev–Trinajstić information content (AvgIpc) is 2.89. The first-order chi connectivity index (χ1) is 19.3. The Morgan fingerprint density at radius 3 is 1.29 bits per heavy atom. The predicted octanol–water partition coefficient (Wildman–Crippen LogP) is 10.2. The van der Waals surface area contributed by atoms with Crippen LogP contribution in [0.1, 0.15) is 120 Å². The van der Waals surface area contributed by atoms with Crippen molar-refractivity contribution in [3.63, 3.8) is 0 Å². The monoisotopic (exact) mass is 664 g/mol. The number of nitrogens with one attached hydrogen (secondary N) is 1. The van der Waals surface area contributed by atoms with Gasteiger partial charge in [0.1, 0.15) is 5.67 Å². The van der Waals surface area contributed by atoms with E-state index in [9.17, 15) is 30.0 Å². The molecule has 0 aliphatic carbocycles. The van der Waals surface area contributed by atoms with Gasteiger partial charge in [-0.3, -0.25) is 4.48 Å². The van der Waals surface area contributed by atoms with Crippen molar-refractivity contribution in [2.45, 2.75) is 131 Å². The number of hydrogen-bond donors (Lipinski definition) is 1. The second kappa shape index (κ2) is 19.7. The number of unbranched alkanes of at least 4 members (excludes halogenated alkanes) is 3. The topological polar surface area (TPSA) is 66.0 Å². The molecule has 7 nitrogen and oxygen atoms in total. The second-order valence-corrected chi connectivity index (χ2v) is 15.4. The summed E-state index contributed by atoms with van der Waals surface area (Å²) >= 11 is 0. The van der Waals surface area contributed by atoms with Crippen molar-refractivity contribution >= 4 is 22.7 Å². The van der Waals surface area contributed by atoms with Crippen LogP contribution in [0.25, 0.3) is 0 Å². The van der Waals surface area contributed by atoms with Gasteiger partial charge in [0.2, 0.25) is 6.23 Å². The van der Waals surface area contributed by atoms with Gasteiger partial charge in [0.05, 0.1) is 19.6 Å². The Balaban J connectivity index is 0. The third-order valence-electron chi connectivity index (χ3n) is 6.57. The molecule has 1 N–H and O–H groups in total. The van der Waals surface area contributed by atoms with Gasteiger partial charge in [-0.05, 0) is 44.9 Å². The molecule has 0 aromatic heterocycles. The summed E-state index contributed by atoms with van der Waals surface area (Å²) in [6.07, 6.45) is 9.48. The van der Waals surface area contributed by atoms with E-state index in [1.165, 1.54) is 0 Å². The Hall–Kier alpha value is -0.663. The molecule has 0 rings (SSSR count). The van der Waals surface area contributed by atoms with Gasteiger partial charge < -0.3 is 23.3 Å². The van der Waals surface area contributed by atoms with Crippen molar-refractivity contribution < 1.29 is 52.5 Å². The molecule has 0 spiro atoms. The van der Waals surface area contributed by atoms with E-state index in [-0.39, 0.29) is 11.9 Å². The molecule has 0 saturated heterocycles. The molecule has 0 aliphatic rings. The number of rotatable bonds is 23. The Labute approximate surface area is 251 Å². The summed E-state index contributed by atoms with van der Waals surface area (Å²) in [6, 6.07) is 0. The van der Waals surface area contributed by atoms with Crippen LogP contribution in [0.15, 0.2) is 0 Å². The summed E-state index contributed by atoms with van der Waals surface area (Å²) in [7, 11) is -13.8. The van der Waals surface area contributed by atoms with Crippen LogP contribution >= 0.6 is 7.81 Å². The van der Waals surface area contributed by atoms with Gasteiger partial charge in [-0.25, -0.2) is 4.79 Å². The maximum absolute atomic E-state index is 13.3. The van der Waals surface area contributed by atoms with E-state index in [4.69, 9.17) is 18.0 Å². The van der Waals surface area contributed by atoms with Gasteiger partial charge in [-0.2, -0.15) is 0 Å². The van der Waals surface area contributed by atoms with Crippen LogP contribution in [0.2, 0.25) is 0 Å². The minimum absolute atomic E-state index is 0.210. The van der Waals surface area contributed by atoms with E-state index in [2.05, 4.69) is 53.8 Å². The SMILES string of the molecule is CCCC[N+](CCCC)(CCCC)C(C)OC(=O)NC(CC)[Si](OCCC)(OCCC)OCCC.F[P-](F)(F)(F)(F)F. The number of carbonyl (C=O) groups excluding carboxylic acids is 1. The first kappa shape index (κ1) is 43.5. The molecule has 42 heavy (non-hydrogen) atoms. The molecule has 15 heteroatoms. The van der Waals surface area contributed by atoms with Gasteiger partial charge in [-0.1, -0.05) is 67.7 Å². The van der Waals surface area contributed by atoms with Crippen molar-refractivity contribution in [1.29, 1.82) is 0 Å². The van der Waals surface area contributed by atoms with Crippen LogP contribution in [0.4, 0.5) is 30.0 Å². The normalized spacial score (nSPS) is 15.6. The summed E-state index contributed by atoms with van der Waals surface area (Å²) < 4.78 is 85.0. The first-order valence-electron chi connectivity index (χ1n) is 15.6. The fourth-order valence-corrected chi connectivity index (χ4v) is 7.46. The molecular formula is C27H59F6N2O5PSi. The summed E-state index contributed by atoms with van der Waals surface area (Å²) in [4.78, 5) is 13.3. The van der Waals surface area contributed by atoms with Crippen molar-refractivity contribution in [3.8, 4) is 0 Å². The Morgan fingerprint density at radius 1 is 0.690 bits per heavy atom. The minimum atomic E-state index is -10.7. The van der Waals surface area contributed by atoms with Crippen LogP contribution in [-0.4, -0.2) is 70.7 Å². The van der Waals surface area contributed by atoms with Crippen molar-refractivity contribution in [3.05, 3.63) is 0 Å². The molecule has 0 radical (unpaired) electrons. The zero-order valence-electron chi connectivity index (χ0n) is 27.2. The van der Waals surface area contributed by atoms with E-state index in [0.29, 0.717) is 26.2 Å². The molecule has 0 fully saturated rings. The van der Waals surface area contributed by atoms with Gasteiger partial charge in [-0.15, -0.1) is 0 Å². The summed E-state index contributed by atoms with van der Waals surface area (Å²) in [6.45, 7) is 21.8. The van der Waals surface area contributed by atoms with Crippen LogP contribution < -0.4 is 5.32 Å². The van der Waals surface area contributed by atoms with Crippen molar-refractivity contribution in [2.24, 2.45) is 0 Å². The molecule has 0 bridgehead atoms. The quantitative estimate of drug-likeness (QED) is 0.0387. The fourth-order valence-electron chi connectivity index (χ4n) is 4.34. The molecule has 0 aliphatic heterocycles. The van der Waals surface area contributed by atoms with E-state index >= 15 is 0 Å². The van der Waals surface area contributed by atoms with Gasteiger partial charge in [0, 0.05) is 26.7 Å². The van der Waals surface area contributed by atoms with E-state index in [0.717, 1.165) is 81.9 Å². The summed E-state index contributed by atoms with van der Waals surface area (Å²) in [5.41, 5.74) is -0.337. The van der Waals surface area contributed by atoms with E-state index < -0.39 is 22.7 Å². The Kier molecular flexibility index (Phi) is 20.4. The summed E-state index contributed by atoms with van der Waals surface area (Å²) in [5.74, 6) is 0. The summed E-state index contributed by atoms with van der Waals surface area (Å²) in [5, 5.41) is 3.12. The zero-order valence-corrected chi connectivity index (χ0v) is 29.1. The number of halogens is 6. The fraction of sp³-hybridized carbons (Fsp3) is 0.963. The average molecular weight is 665 g/mol. The Morgan fingerprint density at radius 2 is 1.02 bits per heavy atom. The molecule has 0 saturated carbocycles. The van der Waals surface area contributed by atoms with Crippen LogP contribution in [-0.2, 0) is 18.0 Å².